The summed E-state index contributed by atoms with van der Waals surface area (Å²) >= 11 is 0. The highest BCUT2D eigenvalue weighted by atomic mass is 32.3. The van der Waals surface area contributed by atoms with Gasteiger partial charge in [-0.3, -0.25) is 9.11 Å². The summed E-state index contributed by atoms with van der Waals surface area (Å²) in [6.07, 6.45) is 0. The van der Waals surface area contributed by atoms with Gasteiger partial charge in [0, 0.05) is 0 Å². The van der Waals surface area contributed by atoms with Crippen LogP contribution in [0.5, 0.6) is 0 Å². The minimum Gasteiger partial charge on any atom is -0.395 e. The lowest BCUT2D eigenvalue weighted by Crippen LogP contribution is -2.32. The third-order valence-electron chi connectivity index (χ3n) is 0.637. The molecule has 0 spiro atoms. The fraction of sp³-hybridized carbons (Fsp3) is 1.00. The molecule has 0 rings (SSSR count). The average molecular weight is 253 g/mol. The molecular weight excluding hydrogens is 246 g/mol. The standard InChI is InChI=1S/C2H7NO9S2/c4-2-1-3(11-13(5,6)7)12-14(8,9)10/h4H,1-2H2,(H,5,6,7)(H,8,9,10). The first kappa shape index (κ1) is 13.7. The predicted octanol–water partition coefficient (Wildman–Crippen LogP) is -2.25. The second-order valence-electron chi connectivity index (χ2n) is 1.78. The van der Waals surface area contributed by atoms with E-state index in [4.69, 9.17) is 14.2 Å². The number of aliphatic hydroxyl groups is 1. The molecule has 10 nitrogen and oxygen atoms in total. The largest absolute Gasteiger partial charge is 0.415 e. The van der Waals surface area contributed by atoms with Crippen LogP contribution in [0.15, 0.2) is 0 Å². The van der Waals surface area contributed by atoms with Gasteiger partial charge in [0.2, 0.25) is 0 Å². The number of rotatable bonds is 6. The summed E-state index contributed by atoms with van der Waals surface area (Å²) in [4.78, 5) is 0. The zero-order valence-electron chi connectivity index (χ0n) is 6.47. The Morgan fingerprint density at radius 3 is 1.57 bits per heavy atom. The quantitative estimate of drug-likeness (QED) is 0.349. The minimum atomic E-state index is -5.00. The second-order valence-corrected chi connectivity index (χ2v) is 3.79. The molecule has 0 unspecified atom stereocenters. The van der Waals surface area contributed by atoms with Gasteiger partial charge < -0.3 is 5.11 Å². The lowest BCUT2D eigenvalue weighted by molar-refractivity contribution is -0.260. The summed E-state index contributed by atoms with van der Waals surface area (Å²) in [6, 6.07) is 0. The van der Waals surface area contributed by atoms with E-state index in [9.17, 15) is 16.8 Å². The van der Waals surface area contributed by atoms with Crippen molar-refractivity contribution in [3.8, 4) is 0 Å². The fourth-order valence-corrected chi connectivity index (χ4v) is 1.05. The van der Waals surface area contributed by atoms with E-state index in [-0.39, 0.29) is 5.23 Å². The third kappa shape index (κ3) is 8.27. The summed E-state index contributed by atoms with van der Waals surface area (Å²) in [5.41, 5.74) is 0. The molecule has 0 amide bonds. The van der Waals surface area contributed by atoms with Gasteiger partial charge in [-0.05, 0) is 5.23 Å². The van der Waals surface area contributed by atoms with Crippen LogP contribution in [-0.2, 0) is 29.4 Å². The van der Waals surface area contributed by atoms with E-state index in [0.29, 0.717) is 0 Å². The maximum Gasteiger partial charge on any atom is 0.415 e. The molecule has 0 saturated carbocycles. The van der Waals surface area contributed by atoms with Crippen LogP contribution in [0.4, 0.5) is 0 Å². The summed E-state index contributed by atoms with van der Waals surface area (Å²) in [7, 11) is -10.0. The molecule has 0 aromatic carbocycles. The van der Waals surface area contributed by atoms with Gasteiger partial charge in [0.05, 0.1) is 13.2 Å². The Morgan fingerprint density at radius 2 is 1.36 bits per heavy atom. The highest BCUT2D eigenvalue weighted by Crippen LogP contribution is 2.00. The number of aliphatic hydroxyl groups excluding tert-OH is 1. The van der Waals surface area contributed by atoms with Crippen LogP contribution in [0.3, 0.4) is 0 Å². The van der Waals surface area contributed by atoms with Crippen molar-refractivity contribution in [1.29, 1.82) is 0 Å². The van der Waals surface area contributed by atoms with Crippen LogP contribution >= 0.6 is 0 Å². The van der Waals surface area contributed by atoms with E-state index in [1.807, 2.05) is 0 Å². The summed E-state index contributed by atoms with van der Waals surface area (Å²) in [6.45, 7) is -1.48. The van der Waals surface area contributed by atoms with Crippen molar-refractivity contribution in [2.75, 3.05) is 13.2 Å². The number of hydrogen-bond donors (Lipinski definition) is 3. The van der Waals surface area contributed by atoms with Crippen LogP contribution in [0.1, 0.15) is 0 Å². The van der Waals surface area contributed by atoms with Crippen molar-refractivity contribution < 1.29 is 39.6 Å². The van der Waals surface area contributed by atoms with Crippen LogP contribution in [0.25, 0.3) is 0 Å². The minimum absolute atomic E-state index is 0.329. The van der Waals surface area contributed by atoms with Gasteiger partial charge in [-0.15, -0.1) is 8.57 Å². The second kappa shape index (κ2) is 4.94. The smallest absolute Gasteiger partial charge is 0.395 e. The molecule has 0 aliphatic heterocycles. The Labute approximate surface area is 79.5 Å². The first-order chi connectivity index (χ1) is 6.14. The highest BCUT2D eigenvalue weighted by molar-refractivity contribution is 7.81. The molecule has 0 aromatic rings. The van der Waals surface area contributed by atoms with E-state index in [0.717, 1.165) is 0 Å². The van der Waals surface area contributed by atoms with Crippen molar-refractivity contribution >= 4 is 20.8 Å². The van der Waals surface area contributed by atoms with E-state index < -0.39 is 33.9 Å². The van der Waals surface area contributed by atoms with E-state index in [1.54, 1.807) is 0 Å². The first-order valence-corrected chi connectivity index (χ1v) is 5.59. The molecule has 0 aliphatic rings. The lowest BCUT2D eigenvalue weighted by Gasteiger charge is -2.13. The van der Waals surface area contributed by atoms with Gasteiger partial charge in [-0.2, -0.15) is 16.8 Å². The van der Waals surface area contributed by atoms with E-state index in [1.165, 1.54) is 0 Å². The SMILES string of the molecule is O=S(=O)(O)ON(CCO)OS(=O)(=O)O. The van der Waals surface area contributed by atoms with Gasteiger partial charge in [0.1, 0.15) is 0 Å². The summed E-state index contributed by atoms with van der Waals surface area (Å²) in [5, 5.41) is 7.95. The van der Waals surface area contributed by atoms with E-state index >= 15 is 0 Å². The first-order valence-electron chi connectivity index (χ1n) is 2.86. The number of nitrogens with zero attached hydrogens (tertiary/aromatic N) is 1. The molecule has 0 atom stereocenters. The van der Waals surface area contributed by atoms with Crippen molar-refractivity contribution in [3.63, 3.8) is 0 Å². The third-order valence-corrected chi connectivity index (χ3v) is 1.35. The van der Waals surface area contributed by atoms with E-state index in [2.05, 4.69) is 8.57 Å². The Hall–Kier alpha value is -0.340. The molecule has 0 radical (unpaired) electrons. The van der Waals surface area contributed by atoms with Crippen molar-refractivity contribution in [3.05, 3.63) is 0 Å². The molecule has 0 heterocycles. The number of hydroxylamine groups is 2. The van der Waals surface area contributed by atoms with Crippen LogP contribution < -0.4 is 0 Å². The number of hydrogen-bond acceptors (Lipinski definition) is 8. The van der Waals surface area contributed by atoms with Gasteiger partial charge in [0.15, 0.2) is 0 Å². The Morgan fingerprint density at radius 1 is 1.00 bits per heavy atom. The van der Waals surface area contributed by atoms with Gasteiger partial charge in [0.25, 0.3) is 0 Å². The molecule has 3 N–H and O–H groups in total. The van der Waals surface area contributed by atoms with Gasteiger partial charge >= 0.3 is 20.8 Å². The monoisotopic (exact) mass is 253 g/mol. The summed E-state index contributed by atoms with van der Waals surface area (Å²) in [5.74, 6) is 0. The Balaban J connectivity index is 4.46. The normalized spacial score (nSPS) is 13.4. The molecular formula is C2H7NO9S2. The van der Waals surface area contributed by atoms with Crippen molar-refractivity contribution in [1.82, 2.24) is 5.23 Å². The van der Waals surface area contributed by atoms with Crippen LogP contribution in [-0.4, -0.2) is 49.4 Å². The molecule has 0 aliphatic carbocycles. The molecule has 0 aromatic heterocycles. The topological polar surface area (TPSA) is 151 Å². The Kier molecular flexibility index (Phi) is 4.82. The molecule has 0 bridgehead atoms. The summed E-state index contributed by atoms with van der Waals surface area (Å²) < 4.78 is 63.4. The Bertz CT molecular complexity index is 320. The van der Waals surface area contributed by atoms with Crippen molar-refractivity contribution in [2.45, 2.75) is 0 Å². The molecule has 12 heteroatoms. The zero-order chi connectivity index (χ0) is 11.4. The highest BCUT2D eigenvalue weighted by Gasteiger charge is 2.20. The molecule has 14 heavy (non-hydrogen) atoms. The maximum absolute atomic E-state index is 10.1. The maximum atomic E-state index is 10.1. The van der Waals surface area contributed by atoms with Crippen LogP contribution in [0.2, 0.25) is 0 Å². The molecule has 0 saturated heterocycles. The lowest BCUT2D eigenvalue weighted by atomic mass is 10.7. The van der Waals surface area contributed by atoms with Crippen LogP contribution in [0, 0.1) is 0 Å². The zero-order valence-corrected chi connectivity index (χ0v) is 8.10. The predicted molar refractivity (Wildman–Crippen MR) is 39.1 cm³/mol. The van der Waals surface area contributed by atoms with Gasteiger partial charge in [-0.25, -0.2) is 0 Å². The average Bonchev–Trinajstić information content (AvgIpc) is 1.78. The van der Waals surface area contributed by atoms with Crippen molar-refractivity contribution in [2.24, 2.45) is 0 Å². The van der Waals surface area contributed by atoms with Gasteiger partial charge in [-0.1, -0.05) is 0 Å². The fourth-order valence-electron chi connectivity index (χ4n) is 0.379. The molecule has 86 valence electrons. The molecule has 0 fully saturated rings.